The number of carbonyl (C=O) groups is 2. The van der Waals surface area contributed by atoms with Crippen molar-refractivity contribution in [2.45, 2.75) is 19.4 Å². The fraction of sp³-hybridized carbons (Fsp3) is 0.625. The van der Waals surface area contributed by atoms with Gasteiger partial charge in [0.2, 0.25) is 11.8 Å². The Morgan fingerprint density at radius 2 is 2.23 bits per heavy atom. The van der Waals surface area contributed by atoms with Crippen LogP contribution in [0, 0.1) is 11.3 Å². The van der Waals surface area contributed by atoms with Crippen molar-refractivity contribution in [1.29, 1.82) is 5.26 Å². The van der Waals surface area contributed by atoms with Crippen LogP contribution in [-0.2, 0) is 9.59 Å². The van der Waals surface area contributed by atoms with Gasteiger partial charge in [0, 0.05) is 0 Å². The molecule has 5 heteroatoms. The summed E-state index contributed by atoms with van der Waals surface area (Å²) >= 11 is 0. The van der Waals surface area contributed by atoms with Gasteiger partial charge in [-0.1, -0.05) is 0 Å². The Morgan fingerprint density at radius 3 is 2.77 bits per heavy atom. The number of amides is 2. The van der Waals surface area contributed by atoms with E-state index in [2.05, 4.69) is 5.32 Å². The Morgan fingerprint density at radius 1 is 1.62 bits per heavy atom. The molecule has 0 aliphatic carbocycles. The van der Waals surface area contributed by atoms with Gasteiger partial charge in [-0.2, -0.15) is 5.26 Å². The van der Waals surface area contributed by atoms with E-state index in [1.807, 2.05) is 0 Å². The standard InChI is InChI=1S/C8H11N3O2/c1-8(2)7(13)11(4-3-9)6(12)5-10-8/h10H,4-5H2,1-2H3. The molecule has 13 heavy (non-hydrogen) atoms. The maximum Gasteiger partial charge on any atom is 0.249 e. The van der Waals surface area contributed by atoms with Crippen LogP contribution in [0.3, 0.4) is 0 Å². The molecule has 0 aromatic heterocycles. The highest BCUT2D eigenvalue weighted by Gasteiger charge is 2.39. The molecule has 0 unspecified atom stereocenters. The van der Waals surface area contributed by atoms with Crippen LogP contribution < -0.4 is 5.32 Å². The lowest BCUT2D eigenvalue weighted by atomic mass is 10.0. The lowest BCUT2D eigenvalue weighted by molar-refractivity contribution is -0.151. The third kappa shape index (κ3) is 1.68. The summed E-state index contributed by atoms with van der Waals surface area (Å²) in [4.78, 5) is 23.7. The summed E-state index contributed by atoms with van der Waals surface area (Å²) in [6.07, 6.45) is 0. The number of nitriles is 1. The number of rotatable bonds is 1. The quantitative estimate of drug-likeness (QED) is 0.426. The Kier molecular flexibility index (Phi) is 2.34. The minimum atomic E-state index is -0.745. The smallest absolute Gasteiger partial charge is 0.249 e. The molecule has 0 bridgehead atoms. The molecule has 1 heterocycles. The van der Waals surface area contributed by atoms with Crippen LogP contribution in [0.5, 0.6) is 0 Å². The molecule has 70 valence electrons. The van der Waals surface area contributed by atoms with Gasteiger partial charge < -0.3 is 0 Å². The zero-order valence-corrected chi connectivity index (χ0v) is 7.63. The number of nitrogens with one attached hydrogen (secondary N) is 1. The number of hydrogen-bond donors (Lipinski definition) is 1. The molecule has 2 amide bonds. The first-order valence-electron chi connectivity index (χ1n) is 3.96. The molecule has 0 saturated carbocycles. The van der Waals surface area contributed by atoms with Crippen molar-refractivity contribution < 1.29 is 9.59 Å². The largest absolute Gasteiger partial charge is 0.295 e. The highest BCUT2D eigenvalue weighted by molar-refractivity contribution is 6.03. The van der Waals surface area contributed by atoms with Crippen LogP contribution in [0.4, 0.5) is 0 Å². The van der Waals surface area contributed by atoms with E-state index in [1.54, 1.807) is 19.9 Å². The average Bonchev–Trinajstić information content (AvgIpc) is 2.07. The minimum absolute atomic E-state index is 0.112. The molecule has 0 radical (unpaired) electrons. The topological polar surface area (TPSA) is 73.2 Å². The molecule has 1 N–H and O–H groups in total. The Balaban J connectivity index is 2.86. The van der Waals surface area contributed by atoms with Crippen molar-refractivity contribution in [3.63, 3.8) is 0 Å². The minimum Gasteiger partial charge on any atom is -0.295 e. The summed E-state index contributed by atoms with van der Waals surface area (Å²) < 4.78 is 0. The van der Waals surface area contributed by atoms with E-state index in [1.165, 1.54) is 0 Å². The molecule has 0 aromatic carbocycles. The van der Waals surface area contributed by atoms with E-state index in [0.29, 0.717) is 0 Å². The van der Waals surface area contributed by atoms with E-state index in [0.717, 1.165) is 4.90 Å². The lowest BCUT2D eigenvalue weighted by Gasteiger charge is -2.35. The summed E-state index contributed by atoms with van der Waals surface area (Å²) in [5, 5.41) is 11.2. The van der Waals surface area contributed by atoms with Crippen molar-refractivity contribution in [3.05, 3.63) is 0 Å². The van der Waals surface area contributed by atoms with Crippen LogP contribution in [-0.4, -0.2) is 35.3 Å². The SMILES string of the molecule is CC1(C)NCC(=O)N(CC#N)C1=O. The molecule has 1 aliphatic rings. The first-order valence-corrected chi connectivity index (χ1v) is 3.96. The van der Waals surface area contributed by atoms with E-state index in [-0.39, 0.29) is 24.9 Å². The summed E-state index contributed by atoms with van der Waals surface area (Å²) in [5.74, 6) is -0.684. The molecule has 1 saturated heterocycles. The summed E-state index contributed by atoms with van der Waals surface area (Å²) in [7, 11) is 0. The maximum absolute atomic E-state index is 11.5. The van der Waals surface area contributed by atoms with Gasteiger partial charge in [-0.25, -0.2) is 0 Å². The number of carbonyl (C=O) groups excluding carboxylic acids is 2. The normalized spacial score (nSPS) is 21.5. The summed E-state index contributed by atoms with van der Waals surface area (Å²) in [5.41, 5.74) is -0.745. The van der Waals surface area contributed by atoms with Gasteiger partial charge in [0.15, 0.2) is 0 Å². The number of imide groups is 1. The third-order valence-corrected chi connectivity index (χ3v) is 1.99. The van der Waals surface area contributed by atoms with Gasteiger partial charge in [-0.05, 0) is 13.8 Å². The molecule has 1 aliphatic heterocycles. The maximum atomic E-state index is 11.5. The molecule has 1 rings (SSSR count). The average molecular weight is 181 g/mol. The van der Waals surface area contributed by atoms with Crippen molar-refractivity contribution in [2.24, 2.45) is 0 Å². The van der Waals surface area contributed by atoms with Gasteiger partial charge >= 0.3 is 0 Å². The van der Waals surface area contributed by atoms with Crippen molar-refractivity contribution in [3.8, 4) is 6.07 Å². The third-order valence-electron chi connectivity index (χ3n) is 1.99. The number of piperazine rings is 1. The van der Waals surface area contributed by atoms with Crippen LogP contribution in [0.15, 0.2) is 0 Å². The second-order valence-electron chi connectivity index (χ2n) is 3.42. The molecule has 0 atom stereocenters. The predicted molar refractivity (Wildman–Crippen MR) is 44.4 cm³/mol. The first kappa shape index (κ1) is 9.68. The van der Waals surface area contributed by atoms with Gasteiger partial charge in [-0.15, -0.1) is 0 Å². The fourth-order valence-corrected chi connectivity index (χ4v) is 1.15. The number of hydrogen-bond acceptors (Lipinski definition) is 4. The van der Waals surface area contributed by atoms with E-state index in [9.17, 15) is 9.59 Å². The van der Waals surface area contributed by atoms with Crippen molar-refractivity contribution in [1.82, 2.24) is 10.2 Å². The second kappa shape index (κ2) is 3.15. The number of nitrogens with zero attached hydrogens (tertiary/aromatic N) is 2. The van der Waals surface area contributed by atoms with Gasteiger partial charge in [0.25, 0.3) is 0 Å². The van der Waals surface area contributed by atoms with Crippen LogP contribution >= 0.6 is 0 Å². The molecule has 1 fully saturated rings. The van der Waals surface area contributed by atoms with E-state index in [4.69, 9.17) is 5.26 Å². The zero-order chi connectivity index (χ0) is 10.1. The zero-order valence-electron chi connectivity index (χ0n) is 7.63. The van der Waals surface area contributed by atoms with E-state index >= 15 is 0 Å². The van der Waals surface area contributed by atoms with Crippen LogP contribution in [0.2, 0.25) is 0 Å². The fourth-order valence-electron chi connectivity index (χ4n) is 1.15. The molecule has 0 spiro atoms. The van der Waals surface area contributed by atoms with Gasteiger partial charge in [0.05, 0.1) is 18.2 Å². The van der Waals surface area contributed by atoms with Crippen molar-refractivity contribution >= 4 is 11.8 Å². The highest BCUT2D eigenvalue weighted by Crippen LogP contribution is 2.12. The van der Waals surface area contributed by atoms with Gasteiger partial charge in [0.1, 0.15) is 6.54 Å². The van der Waals surface area contributed by atoms with Gasteiger partial charge in [-0.3, -0.25) is 19.8 Å². The summed E-state index contributed by atoms with van der Waals surface area (Å²) in [6, 6.07) is 1.79. The lowest BCUT2D eigenvalue weighted by Crippen LogP contribution is -2.63. The Bertz CT molecular complexity index is 290. The second-order valence-corrected chi connectivity index (χ2v) is 3.42. The summed E-state index contributed by atoms with van der Waals surface area (Å²) in [6.45, 7) is 3.32. The molecule has 0 aromatic rings. The van der Waals surface area contributed by atoms with Crippen LogP contribution in [0.25, 0.3) is 0 Å². The first-order chi connectivity index (χ1) is 5.99. The predicted octanol–water partition coefficient (Wildman–Crippen LogP) is -0.753. The molecular weight excluding hydrogens is 170 g/mol. The molecule has 5 nitrogen and oxygen atoms in total. The Labute approximate surface area is 76.3 Å². The van der Waals surface area contributed by atoms with Crippen LogP contribution in [0.1, 0.15) is 13.8 Å². The van der Waals surface area contributed by atoms with Crippen molar-refractivity contribution in [2.75, 3.05) is 13.1 Å². The monoisotopic (exact) mass is 181 g/mol. The Hall–Kier alpha value is -1.41. The highest BCUT2D eigenvalue weighted by atomic mass is 16.2. The molecular formula is C8H11N3O2. The van der Waals surface area contributed by atoms with E-state index < -0.39 is 5.54 Å².